The van der Waals surface area contributed by atoms with Gasteiger partial charge >= 0.3 is 0 Å². The summed E-state index contributed by atoms with van der Waals surface area (Å²) < 4.78 is 2.85. The van der Waals surface area contributed by atoms with E-state index in [1.54, 1.807) is 6.07 Å². The number of carbonyl (C=O) groups excluding carboxylic acids is 1. The number of nitrogens with two attached hydrogens (primary N) is 1. The molecule has 2 aromatic carbocycles. The van der Waals surface area contributed by atoms with Crippen molar-refractivity contribution in [3.8, 4) is 11.4 Å². The number of hydrogen-bond acceptors (Lipinski definition) is 5. The average molecular weight is 334 g/mol. The Hall–Kier alpha value is -2.57. The zero-order valence-electron chi connectivity index (χ0n) is 12.8. The normalized spacial score (nSPS) is 15.9. The largest absolute Gasteiger partial charge is 0.321 e. The maximum Gasteiger partial charge on any atom is 0.213 e. The maximum atomic E-state index is 10.9. The third kappa shape index (κ3) is 2.00. The number of nitrogens with zero attached hydrogens (tertiary/aromatic N) is 3. The van der Waals surface area contributed by atoms with E-state index >= 15 is 0 Å². The molecule has 1 fully saturated rings. The van der Waals surface area contributed by atoms with Crippen LogP contribution in [0.15, 0.2) is 42.5 Å². The minimum absolute atomic E-state index is 0.118. The Bertz CT molecular complexity index is 1090. The second-order valence-electron chi connectivity index (χ2n) is 6.31. The van der Waals surface area contributed by atoms with Crippen LogP contribution in [0, 0.1) is 0 Å². The molecule has 6 heteroatoms. The molecule has 4 aromatic rings. The molecule has 0 atom stereocenters. The third-order valence-corrected chi connectivity index (χ3v) is 5.63. The summed E-state index contributed by atoms with van der Waals surface area (Å²) in [7, 11) is 0. The molecule has 5 rings (SSSR count). The monoisotopic (exact) mass is 334 g/mol. The molecule has 2 N–H and O–H groups in total. The number of aldehydes is 1. The first-order valence-electron chi connectivity index (χ1n) is 7.81. The molecular formula is C18H14N4OS. The van der Waals surface area contributed by atoms with Gasteiger partial charge in [0, 0.05) is 16.7 Å². The summed E-state index contributed by atoms with van der Waals surface area (Å²) in [5.41, 5.74) is 9.91. The van der Waals surface area contributed by atoms with E-state index in [2.05, 4.69) is 22.2 Å². The highest BCUT2D eigenvalue weighted by molar-refractivity contribution is 7.23. The van der Waals surface area contributed by atoms with Gasteiger partial charge in [-0.15, -0.1) is 5.10 Å². The average Bonchev–Trinajstić information content (AvgIpc) is 3.09. The summed E-state index contributed by atoms with van der Waals surface area (Å²) in [6.45, 7) is 0. The molecule has 5 nitrogen and oxygen atoms in total. The fourth-order valence-corrected chi connectivity index (χ4v) is 3.99. The molecular weight excluding hydrogens is 320 g/mol. The lowest BCUT2D eigenvalue weighted by atomic mass is 10.0. The van der Waals surface area contributed by atoms with E-state index in [4.69, 9.17) is 5.73 Å². The minimum Gasteiger partial charge on any atom is -0.321 e. The van der Waals surface area contributed by atoms with Gasteiger partial charge in [-0.2, -0.15) is 4.98 Å². The Morgan fingerprint density at radius 3 is 2.67 bits per heavy atom. The summed E-state index contributed by atoms with van der Waals surface area (Å²) in [4.78, 5) is 16.4. The fourth-order valence-electron chi connectivity index (χ4n) is 2.98. The van der Waals surface area contributed by atoms with Gasteiger partial charge in [-0.3, -0.25) is 4.79 Å². The molecule has 24 heavy (non-hydrogen) atoms. The van der Waals surface area contributed by atoms with Crippen molar-refractivity contribution in [2.75, 3.05) is 0 Å². The highest BCUT2D eigenvalue weighted by atomic mass is 32.1. The molecule has 0 bridgehead atoms. The summed E-state index contributed by atoms with van der Waals surface area (Å²) in [5, 5.41) is 4.63. The van der Waals surface area contributed by atoms with Gasteiger partial charge in [0.25, 0.3) is 0 Å². The lowest BCUT2D eigenvalue weighted by Crippen LogP contribution is -2.18. The zero-order valence-corrected chi connectivity index (χ0v) is 13.6. The highest BCUT2D eigenvalue weighted by Crippen LogP contribution is 2.42. The van der Waals surface area contributed by atoms with Crippen LogP contribution in [0.4, 0.5) is 0 Å². The van der Waals surface area contributed by atoms with Gasteiger partial charge in [0.2, 0.25) is 4.96 Å². The van der Waals surface area contributed by atoms with E-state index in [1.807, 2.05) is 28.8 Å². The SMILES string of the molecule is NC1(c2ccc(-c3nc4sc5cc(C=O)ccc5n4n3)cc2)CC1. The first-order chi connectivity index (χ1) is 11.7. The molecule has 0 radical (unpaired) electrons. The summed E-state index contributed by atoms with van der Waals surface area (Å²) in [5.74, 6) is 0.705. The second-order valence-corrected chi connectivity index (χ2v) is 7.32. The van der Waals surface area contributed by atoms with E-state index in [0.29, 0.717) is 11.4 Å². The van der Waals surface area contributed by atoms with Crippen LogP contribution in [0.5, 0.6) is 0 Å². The van der Waals surface area contributed by atoms with Crippen molar-refractivity contribution in [3.05, 3.63) is 53.6 Å². The molecule has 118 valence electrons. The lowest BCUT2D eigenvalue weighted by Gasteiger charge is -2.08. The molecule has 0 spiro atoms. The number of carbonyl (C=O) groups is 1. The van der Waals surface area contributed by atoms with Gasteiger partial charge in [0.1, 0.15) is 6.29 Å². The van der Waals surface area contributed by atoms with Crippen LogP contribution in [0.3, 0.4) is 0 Å². The van der Waals surface area contributed by atoms with Gasteiger partial charge in [-0.1, -0.05) is 35.6 Å². The van der Waals surface area contributed by atoms with E-state index in [1.165, 1.54) is 16.9 Å². The molecule has 1 aliphatic carbocycles. The van der Waals surface area contributed by atoms with Crippen molar-refractivity contribution in [2.45, 2.75) is 18.4 Å². The van der Waals surface area contributed by atoms with Crippen molar-refractivity contribution in [1.29, 1.82) is 0 Å². The number of aromatic nitrogens is 3. The van der Waals surface area contributed by atoms with Crippen molar-refractivity contribution in [2.24, 2.45) is 5.73 Å². The number of benzene rings is 2. The van der Waals surface area contributed by atoms with Crippen LogP contribution < -0.4 is 5.73 Å². The fraction of sp³-hybridized carbons (Fsp3) is 0.167. The molecule has 0 unspecified atom stereocenters. The first-order valence-corrected chi connectivity index (χ1v) is 8.62. The topological polar surface area (TPSA) is 73.3 Å². The Balaban J connectivity index is 1.58. The summed E-state index contributed by atoms with van der Waals surface area (Å²) in [6.07, 6.45) is 2.96. The zero-order chi connectivity index (χ0) is 16.3. The predicted molar refractivity (Wildman–Crippen MR) is 94.3 cm³/mol. The van der Waals surface area contributed by atoms with Crippen LogP contribution in [0.25, 0.3) is 26.6 Å². The Morgan fingerprint density at radius 2 is 1.96 bits per heavy atom. The van der Waals surface area contributed by atoms with E-state index in [0.717, 1.165) is 39.9 Å². The number of fused-ring (bicyclic) bond motifs is 3. The molecule has 0 aliphatic heterocycles. The number of rotatable bonds is 3. The molecule has 2 aromatic heterocycles. The van der Waals surface area contributed by atoms with Crippen molar-refractivity contribution < 1.29 is 4.79 Å². The van der Waals surface area contributed by atoms with Crippen molar-refractivity contribution in [1.82, 2.24) is 14.6 Å². The van der Waals surface area contributed by atoms with E-state index < -0.39 is 0 Å². The van der Waals surface area contributed by atoms with Crippen molar-refractivity contribution in [3.63, 3.8) is 0 Å². The minimum atomic E-state index is -0.118. The summed E-state index contributed by atoms with van der Waals surface area (Å²) >= 11 is 1.53. The Labute approximate surface area is 141 Å². The third-order valence-electron chi connectivity index (χ3n) is 4.63. The van der Waals surface area contributed by atoms with Crippen LogP contribution >= 0.6 is 11.3 Å². The number of hydrogen-bond donors (Lipinski definition) is 1. The predicted octanol–water partition coefficient (Wildman–Crippen LogP) is 3.37. The lowest BCUT2D eigenvalue weighted by molar-refractivity contribution is 0.112. The van der Waals surface area contributed by atoms with E-state index in [-0.39, 0.29) is 5.54 Å². The van der Waals surface area contributed by atoms with E-state index in [9.17, 15) is 4.79 Å². The quantitative estimate of drug-likeness (QED) is 0.583. The van der Waals surface area contributed by atoms with Crippen molar-refractivity contribution >= 4 is 32.8 Å². The van der Waals surface area contributed by atoms with Gasteiger partial charge in [0.15, 0.2) is 5.82 Å². The highest BCUT2D eigenvalue weighted by Gasteiger charge is 2.39. The number of thiazole rings is 1. The van der Waals surface area contributed by atoms with Gasteiger partial charge in [0.05, 0.1) is 10.2 Å². The van der Waals surface area contributed by atoms with Gasteiger partial charge < -0.3 is 5.73 Å². The Kier molecular flexibility index (Phi) is 2.72. The van der Waals surface area contributed by atoms with Crippen LogP contribution in [-0.4, -0.2) is 20.9 Å². The molecule has 1 saturated carbocycles. The second kappa shape index (κ2) is 4.72. The molecule has 1 aliphatic rings. The molecule has 0 amide bonds. The van der Waals surface area contributed by atoms with Gasteiger partial charge in [-0.05, 0) is 36.6 Å². The summed E-state index contributed by atoms with van der Waals surface area (Å²) in [6, 6.07) is 13.8. The van der Waals surface area contributed by atoms with Crippen LogP contribution in [0.1, 0.15) is 28.8 Å². The standard InChI is InChI=1S/C18H14N4OS/c19-18(7-8-18)13-4-2-12(3-5-13)16-20-17-22(21-16)14-6-1-11(10-23)9-15(14)24-17/h1-6,9-10H,7-8,19H2. The first kappa shape index (κ1) is 13.8. The Morgan fingerprint density at radius 1 is 1.17 bits per heavy atom. The molecule has 2 heterocycles. The van der Waals surface area contributed by atoms with Crippen LogP contribution in [0.2, 0.25) is 0 Å². The molecule has 0 saturated heterocycles. The van der Waals surface area contributed by atoms with Crippen LogP contribution in [-0.2, 0) is 5.54 Å². The maximum absolute atomic E-state index is 10.9. The van der Waals surface area contributed by atoms with Gasteiger partial charge in [-0.25, -0.2) is 4.52 Å². The smallest absolute Gasteiger partial charge is 0.213 e.